The third kappa shape index (κ3) is 6.40. The van der Waals surface area contributed by atoms with Crippen LogP contribution < -0.4 is 20.6 Å². The fourth-order valence-corrected chi connectivity index (χ4v) is 5.54. The summed E-state index contributed by atoms with van der Waals surface area (Å²) in [4.78, 5) is 17.5. The molecule has 1 aliphatic heterocycles. The zero-order valence-electron chi connectivity index (χ0n) is 21.0. The lowest BCUT2D eigenvalue weighted by Gasteiger charge is -2.09. The van der Waals surface area contributed by atoms with E-state index < -0.39 is 11.7 Å². The Morgan fingerprint density at radius 3 is 2.88 bits per heavy atom. The summed E-state index contributed by atoms with van der Waals surface area (Å²) in [5.74, 6) is 1.69. The van der Waals surface area contributed by atoms with E-state index in [1.54, 1.807) is 30.6 Å². The number of benzene rings is 2. The number of halogens is 1. The molecule has 13 nitrogen and oxygen atoms in total. The molecule has 0 atom stereocenters. The van der Waals surface area contributed by atoms with Gasteiger partial charge in [-0.05, 0) is 58.3 Å². The van der Waals surface area contributed by atoms with Gasteiger partial charge in [-0.25, -0.2) is 14.4 Å². The number of hydrogen-bond acceptors (Lipinski definition) is 13. The highest BCUT2D eigenvalue weighted by Gasteiger charge is 2.24. The summed E-state index contributed by atoms with van der Waals surface area (Å²) in [5.41, 5.74) is 10.1. The number of methoxy groups -OCH3 is 1. The summed E-state index contributed by atoms with van der Waals surface area (Å²) >= 11 is 3.40. The van der Waals surface area contributed by atoms with Crippen molar-refractivity contribution in [2.24, 2.45) is 10.1 Å². The van der Waals surface area contributed by atoms with E-state index in [-0.39, 0.29) is 29.6 Å². The number of nitrogen functional groups attached to an aromatic ring is 1. The van der Waals surface area contributed by atoms with Gasteiger partial charge in [-0.3, -0.25) is 9.79 Å². The van der Waals surface area contributed by atoms with Crippen LogP contribution in [0.1, 0.15) is 27.3 Å². The fourth-order valence-electron chi connectivity index (χ4n) is 3.55. The van der Waals surface area contributed by atoms with Gasteiger partial charge in [0.15, 0.2) is 5.69 Å². The molecule has 0 spiro atoms. The molecule has 3 heterocycles. The van der Waals surface area contributed by atoms with Gasteiger partial charge in [-0.1, -0.05) is 28.7 Å². The fraction of sp³-hybridized carbons (Fsp3) is 0.208. The predicted molar refractivity (Wildman–Crippen MR) is 148 cm³/mol. The van der Waals surface area contributed by atoms with Crippen LogP contribution in [0.25, 0.3) is 5.82 Å². The summed E-state index contributed by atoms with van der Waals surface area (Å²) in [6, 6.07) is 11.0. The first-order valence-corrected chi connectivity index (χ1v) is 13.7. The van der Waals surface area contributed by atoms with Crippen molar-refractivity contribution in [3.8, 4) is 17.3 Å². The lowest BCUT2D eigenvalue weighted by molar-refractivity contribution is 0.0947. The maximum atomic E-state index is 13.3. The number of rotatable bonds is 10. The summed E-state index contributed by atoms with van der Waals surface area (Å²) in [5, 5.41) is 19.2. The molecular weight excluding hydrogens is 561 g/mol. The number of carbonyl (C=O) groups is 1. The minimum absolute atomic E-state index is 0.0263. The number of nitrogens with zero attached hydrogens (tertiary/aromatic N) is 7. The van der Waals surface area contributed by atoms with Gasteiger partial charge in [0.25, 0.3) is 5.91 Å². The van der Waals surface area contributed by atoms with E-state index in [9.17, 15) is 9.18 Å². The monoisotopic (exact) mass is 583 g/mol. The maximum absolute atomic E-state index is 13.3. The van der Waals surface area contributed by atoms with Crippen molar-refractivity contribution >= 4 is 45.8 Å². The average Bonchev–Trinajstić information content (AvgIpc) is 3.73. The number of aromatic nitrogens is 5. The number of carbonyl (C=O) groups excluding carboxylic acids is 1. The summed E-state index contributed by atoms with van der Waals surface area (Å²) in [6.45, 7) is 0.660. The molecule has 0 unspecified atom stereocenters. The van der Waals surface area contributed by atoms with Gasteiger partial charge in [0, 0.05) is 17.1 Å². The van der Waals surface area contributed by atoms with Crippen LogP contribution in [0.3, 0.4) is 0 Å². The Morgan fingerprint density at radius 1 is 1.30 bits per heavy atom. The second-order valence-electron chi connectivity index (χ2n) is 8.07. The molecule has 0 saturated carbocycles. The molecule has 0 bridgehead atoms. The largest absolute Gasteiger partial charge is 0.496 e. The number of hydrazone groups is 1. The minimum atomic E-state index is -0.657. The second-order valence-corrected chi connectivity index (χ2v) is 10.4. The van der Waals surface area contributed by atoms with Gasteiger partial charge in [0.2, 0.25) is 11.6 Å². The molecule has 40 heavy (non-hydrogen) atoms. The highest BCUT2D eigenvalue weighted by atomic mass is 32.2. The minimum Gasteiger partial charge on any atom is -0.496 e. The molecule has 0 radical (unpaired) electrons. The van der Waals surface area contributed by atoms with E-state index in [1.165, 1.54) is 35.2 Å². The van der Waals surface area contributed by atoms with E-state index >= 15 is 0 Å². The van der Waals surface area contributed by atoms with Crippen LogP contribution in [0, 0.1) is 5.82 Å². The number of aliphatic imine (C=N–C) groups is 1. The van der Waals surface area contributed by atoms with E-state index in [1.807, 2.05) is 18.2 Å². The first kappa shape index (κ1) is 27.1. The van der Waals surface area contributed by atoms with Crippen molar-refractivity contribution in [1.29, 1.82) is 0 Å². The normalized spacial score (nSPS) is 13.0. The molecular formula is C24H22FN9O4S2. The van der Waals surface area contributed by atoms with Crippen molar-refractivity contribution < 1.29 is 23.3 Å². The Morgan fingerprint density at radius 2 is 2.15 bits per heavy atom. The van der Waals surface area contributed by atoms with Gasteiger partial charge in [0.05, 0.1) is 19.9 Å². The first-order valence-electron chi connectivity index (χ1n) is 11.7. The number of anilines is 1. The Hall–Kier alpha value is -4.44. The molecule has 3 N–H and O–H groups in total. The average molecular weight is 584 g/mol. The highest BCUT2D eigenvalue weighted by molar-refractivity contribution is 8.38. The van der Waals surface area contributed by atoms with Gasteiger partial charge in [-0.15, -0.1) is 5.10 Å². The van der Waals surface area contributed by atoms with Crippen molar-refractivity contribution in [1.82, 2.24) is 30.7 Å². The third-order valence-electron chi connectivity index (χ3n) is 5.46. The molecule has 1 amide bonds. The standard InChI is InChI=1S/C24H22FN9O4S2/c1-36-19-7-2-14(10-15(19)13-40-24-27-8-9-39-24)11-28-30-23(35)20-18(12-37-17-5-3-16(25)4-6-17)34(33-29-20)22-21(26)31-38-32-22/h2-7,10-11H,8-9,12-13H2,1H3,(H2,26,31)(H,30,35)/b28-11-. The zero-order chi connectivity index (χ0) is 27.9. The predicted octanol–water partition coefficient (Wildman–Crippen LogP) is 3.06. The first-order chi connectivity index (χ1) is 19.5. The molecule has 2 aromatic heterocycles. The molecule has 2 aromatic carbocycles. The number of hydrogen-bond donors (Lipinski definition) is 2. The number of ether oxygens (including phenoxy) is 2. The molecule has 206 valence electrons. The molecule has 16 heteroatoms. The molecule has 0 fully saturated rings. The Kier molecular flexibility index (Phi) is 8.56. The second kappa shape index (κ2) is 12.6. The number of amides is 1. The summed E-state index contributed by atoms with van der Waals surface area (Å²) in [6.07, 6.45) is 1.51. The van der Waals surface area contributed by atoms with E-state index in [2.05, 4.69) is 40.8 Å². The van der Waals surface area contributed by atoms with Gasteiger partial charge < -0.3 is 15.2 Å². The summed E-state index contributed by atoms with van der Waals surface area (Å²) in [7, 11) is 1.62. The SMILES string of the molecule is COc1ccc(/C=N\NC(=O)c2nnn(-c3nonc3N)c2COc2ccc(F)cc2)cc1CSC1=NCCS1. The van der Waals surface area contributed by atoms with Crippen molar-refractivity contribution in [3.05, 3.63) is 70.8 Å². The van der Waals surface area contributed by atoms with E-state index in [0.717, 1.165) is 33.5 Å². The van der Waals surface area contributed by atoms with Crippen molar-refractivity contribution in [2.75, 3.05) is 25.1 Å². The lowest BCUT2D eigenvalue weighted by atomic mass is 10.1. The van der Waals surface area contributed by atoms with Crippen LogP contribution in [0.4, 0.5) is 10.2 Å². The maximum Gasteiger partial charge on any atom is 0.293 e. The Bertz CT molecular complexity index is 1560. The molecule has 0 aliphatic carbocycles. The van der Waals surface area contributed by atoms with Gasteiger partial charge in [-0.2, -0.15) is 9.78 Å². The number of nitrogens with one attached hydrogen (secondary N) is 1. The highest BCUT2D eigenvalue weighted by Crippen LogP contribution is 2.29. The van der Waals surface area contributed by atoms with Crippen LogP contribution in [0.15, 0.2) is 57.2 Å². The molecule has 0 saturated heterocycles. The quantitative estimate of drug-likeness (QED) is 0.208. The lowest BCUT2D eigenvalue weighted by Crippen LogP contribution is -2.21. The van der Waals surface area contributed by atoms with Crippen LogP contribution in [-0.2, 0) is 12.4 Å². The van der Waals surface area contributed by atoms with Crippen molar-refractivity contribution in [3.63, 3.8) is 0 Å². The topological polar surface area (TPSA) is 168 Å². The van der Waals surface area contributed by atoms with E-state index in [4.69, 9.17) is 15.2 Å². The number of thioether (sulfide) groups is 2. The molecule has 4 aromatic rings. The summed E-state index contributed by atoms with van der Waals surface area (Å²) < 4.78 is 31.4. The Labute approximate surface area is 235 Å². The molecule has 5 rings (SSSR count). The van der Waals surface area contributed by atoms with Crippen LogP contribution in [0.2, 0.25) is 0 Å². The van der Waals surface area contributed by atoms with E-state index in [0.29, 0.717) is 11.5 Å². The molecule has 1 aliphatic rings. The van der Waals surface area contributed by atoms with Crippen LogP contribution in [0.5, 0.6) is 11.5 Å². The zero-order valence-corrected chi connectivity index (χ0v) is 22.6. The van der Waals surface area contributed by atoms with Crippen molar-refractivity contribution in [2.45, 2.75) is 12.4 Å². The van der Waals surface area contributed by atoms with Gasteiger partial charge in [0.1, 0.15) is 34.0 Å². The smallest absolute Gasteiger partial charge is 0.293 e. The number of nitrogens with two attached hydrogens (primary N) is 1. The van der Waals surface area contributed by atoms with Crippen LogP contribution >= 0.6 is 23.5 Å². The van der Waals surface area contributed by atoms with Gasteiger partial charge >= 0.3 is 0 Å². The Balaban J connectivity index is 1.31. The van der Waals surface area contributed by atoms with Crippen LogP contribution in [-0.4, -0.2) is 61.2 Å². The third-order valence-corrected chi connectivity index (χ3v) is 7.76.